The van der Waals surface area contributed by atoms with Crippen LogP contribution >= 0.6 is 0 Å². The number of nitrogen functional groups attached to an aromatic ring is 1. The van der Waals surface area contributed by atoms with E-state index in [1.165, 1.54) is 5.56 Å². The van der Waals surface area contributed by atoms with Crippen LogP contribution in [0.2, 0.25) is 0 Å². The van der Waals surface area contributed by atoms with Gasteiger partial charge in [-0.2, -0.15) is 10.2 Å². The second-order valence-corrected chi connectivity index (χ2v) is 5.09. The highest BCUT2D eigenvalue weighted by molar-refractivity contribution is 5.64. The Labute approximate surface area is 113 Å². The van der Waals surface area contributed by atoms with Gasteiger partial charge in [0.05, 0.1) is 17.6 Å². The zero-order chi connectivity index (χ0) is 14.0. The molecule has 0 spiro atoms. The summed E-state index contributed by atoms with van der Waals surface area (Å²) < 4.78 is 3.75. The number of hydrogen-bond acceptors (Lipinski definition) is 4. The average Bonchev–Trinajstić information content (AvgIpc) is 2.87. The van der Waals surface area contributed by atoms with Crippen molar-refractivity contribution < 1.29 is 0 Å². The van der Waals surface area contributed by atoms with Crippen molar-refractivity contribution >= 4 is 11.5 Å². The van der Waals surface area contributed by atoms with E-state index in [-0.39, 0.29) is 6.04 Å². The van der Waals surface area contributed by atoms with E-state index in [0.29, 0.717) is 0 Å². The number of anilines is 2. The van der Waals surface area contributed by atoms with E-state index < -0.39 is 0 Å². The summed E-state index contributed by atoms with van der Waals surface area (Å²) in [5.74, 6) is 0.913. The Balaban J connectivity index is 2.03. The molecule has 6 heteroatoms. The molecule has 19 heavy (non-hydrogen) atoms. The van der Waals surface area contributed by atoms with Crippen molar-refractivity contribution in [2.75, 3.05) is 17.6 Å². The quantitative estimate of drug-likeness (QED) is 0.861. The maximum atomic E-state index is 6.06. The molecule has 0 atom stereocenters. The second-order valence-electron chi connectivity index (χ2n) is 5.09. The first-order chi connectivity index (χ1) is 8.99. The number of hydrogen-bond donors (Lipinski definition) is 2. The molecule has 0 aromatic carbocycles. The third kappa shape index (κ3) is 2.89. The first-order valence-corrected chi connectivity index (χ1v) is 6.55. The molecule has 0 bridgehead atoms. The maximum Gasteiger partial charge on any atom is 0.148 e. The Hall–Kier alpha value is -1.98. The number of aromatic nitrogens is 4. The van der Waals surface area contributed by atoms with Gasteiger partial charge in [0, 0.05) is 25.8 Å². The lowest BCUT2D eigenvalue weighted by Gasteiger charge is -2.13. The summed E-state index contributed by atoms with van der Waals surface area (Å²) in [6, 6.07) is 0.289. The van der Waals surface area contributed by atoms with Gasteiger partial charge in [-0.25, -0.2) is 4.68 Å². The van der Waals surface area contributed by atoms with Crippen LogP contribution < -0.4 is 11.1 Å². The van der Waals surface area contributed by atoms with Crippen LogP contribution in [0.25, 0.3) is 0 Å². The Morgan fingerprint density at radius 3 is 2.74 bits per heavy atom. The number of nitrogens with two attached hydrogens (primary N) is 1. The Morgan fingerprint density at radius 1 is 1.42 bits per heavy atom. The fourth-order valence-corrected chi connectivity index (χ4v) is 2.04. The second kappa shape index (κ2) is 5.34. The SMILES string of the molecule is Cc1nn(C(C)C)c(NCCc2cnn(C)c2)c1N. The molecule has 2 heterocycles. The molecule has 0 aliphatic carbocycles. The molecule has 0 saturated heterocycles. The van der Waals surface area contributed by atoms with Crippen molar-refractivity contribution in [3.05, 3.63) is 23.7 Å². The summed E-state index contributed by atoms with van der Waals surface area (Å²) >= 11 is 0. The lowest BCUT2D eigenvalue weighted by Crippen LogP contribution is -2.13. The summed E-state index contributed by atoms with van der Waals surface area (Å²) in [7, 11) is 1.92. The van der Waals surface area contributed by atoms with Crippen molar-refractivity contribution in [2.24, 2.45) is 7.05 Å². The van der Waals surface area contributed by atoms with Crippen molar-refractivity contribution in [3.63, 3.8) is 0 Å². The third-order valence-electron chi connectivity index (χ3n) is 3.09. The first kappa shape index (κ1) is 13.5. The van der Waals surface area contributed by atoms with Crippen LogP contribution in [0.1, 0.15) is 31.1 Å². The van der Waals surface area contributed by atoms with E-state index in [2.05, 4.69) is 29.4 Å². The summed E-state index contributed by atoms with van der Waals surface area (Å²) in [6.07, 6.45) is 4.82. The van der Waals surface area contributed by atoms with E-state index in [1.807, 2.05) is 35.7 Å². The van der Waals surface area contributed by atoms with Gasteiger partial charge in [-0.3, -0.25) is 4.68 Å². The van der Waals surface area contributed by atoms with Gasteiger partial charge < -0.3 is 11.1 Å². The van der Waals surface area contributed by atoms with Crippen LogP contribution in [-0.4, -0.2) is 26.1 Å². The molecular weight excluding hydrogens is 240 g/mol. The predicted octanol–water partition coefficient (Wildman–Crippen LogP) is 1.74. The highest BCUT2D eigenvalue weighted by Gasteiger charge is 2.14. The van der Waals surface area contributed by atoms with Crippen molar-refractivity contribution in [1.29, 1.82) is 0 Å². The van der Waals surface area contributed by atoms with Crippen LogP contribution in [0.4, 0.5) is 11.5 Å². The van der Waals surface area contributed by atoms with Crippen LogP contribution in [0.15, 0.2) is 12.4 Å². The summed E-state index contributed by atoms with van der Waals surface area (Å²) in [4.78, 5) is 0. The molecule has 0 aliphatic rings. The minimum absolute atomic E-state index is 0.289. The number of rotatable bonds is 5. The maximum absolute atomic E-state index is 6.06. The Bertz CT molecular complexity index is 551. The monoisotopic (exact) mass is 262 g/mol. The molecule has 0 saturated carbocycles. The molecule has 0 amide bonds. The molecule has 0 aliphatic heterocycles. The summed E-state index contributed by atoms with van der Waals surface area (Å²) in [6.45, 7) is 6.94. The fourth-order valence-electron chi connectivity index (χ4n) is 2.04. The van der Waals surface area contributed by atoms with E-state index in [4.69, 9.17) is 5.73 Å². The van der Waals surface area contributed by atoms with Crippen molar-refractivity contribution in [1.82, 2.24) is 19.6 Å². The van der Waals surface area contributed by atoms with E-state index >= 15 is 0 Å². The Morgan fingerprint density at radius 2 is 2.16 bits per heavy atom. The largest absolute Gasteiger partial charge is 0.394 e. The van der Waals surface area contributed by atoms with Crippen LogP contribution in [0.5, 0.6) is 0 Å². The van der Waals surface area contributed by atoms with Gasteiger partial charge in [-0.1, -0.05) is 0 Å². The number of nitrogens with zero attached hydrogens (tertiary/aromatic N) is 4. The number of nitrogens with one attached hydrogen (secondary N) is 1. The molecule has 2 aromatic rings. The predicted molar refractivity (Wildman–Crippen MR) is 77.2 cm³/mol. The van der Waals surface area contributed by atoms with Crippen LogP contribution in [0, 0.1) is 6.92 Å². The standard InChI is InChI=1S/C13H22N6/c1-9(2)19-13(12(14)10(3)17-19)15-6-5-11-7-16-18(4)8-11/h7-9,15H,5-6,14H2,1-4H3. The van der Waals surface area contributed by atoms with E-state index in [9.17, 15) is 0 Å². The minimum atomic E-state index is 0.289. The molecule has 2 rings (SSSR count). The first-order valence-electron chi connectivity index (χ1n) is 6.55. The van der Waals surface area contributed by atoms with E-state index in [1.54, 1.807) is 0 Å². The molecule has 3 N–H and O–H groups in total. The Kier molecular flexibility index (Phi) is 3.78. The van der Waals surface area contributed by atoms with Gasteiger partial charge in [0.25, 0.3) is 0 Å². The topological polar surface area (TPSA) is 73.7 Å². The van der Waals surface area contributed by atoms with Gasteiger partial charge >= 0.3 is 0 Å². The normalized spacial score (nSPS) is 11.2. The van der Waals surface area contributed by atoms with Gasteiger partial charge in [0.2, 0.25) is 0 Å². The molecule has 104 valence electrons. The highest BCUT2D eigenvalue weighted by Crippen LogP contribution is 2.25. The number of aryl methyl sites for hydroxylation is 2. The van der Waals surface area contributed by atoms with Gasteiger partial charge in [-0.15, -0.1) is 0 Å². The minimum Gasteiger partial charge on any atom is -0.394 e. The highest BCUT2D eigenvalue weighted by atomic mass is 15.4. The average molecular weight is 262 g/mol. The molecule has 0 radical (unpaired) electrons. The molecule has 0 fully saturated rings. The fraction of sp³-hybridized carbons (Fsp3) is 0.538. The lowest BCUT2D eigenvalue weighted by atomic mass is 10.2. The molecular formula is C13H22N6. The van der Waals surface area contributed by atoms with Gasteiger partial charge in [-0.05, 0) is 32.8 Å². The van der Waals surface area contributed by atoms with Gasteiger partial charge in [0.1, 0.15) is 5.82 Å². The summed E-state index contributed by atoms with van der Waals surface area (Å²) in [5, 5.41) is 12.0. The zero-order valence-electron chi connectivity index (χ0n) is 12.0. The molecule has 2 aromatic heterocycles. The zero-order valence-corrected chi connectivity index (χ0v) is 12.0. The molecule has 6 nitrogen and oxygen atoms in total. The van der Waals surface area contributed by atoms with Gasteiger partial charge in [0.15, 0.2) is 0 Å². The lowest BCUT2D eigenvalue weighted by molar-refractivity contribution is 0.534. The summed E-state index contributed by atoms with van der Waals surface area (Å²) in [5.41, 5.74) is 8.88. The van der Waals surface area contributed by atoms with Crippen molar-refractivity contribution in [2.45, 2.75) is 33.2 Å². The third-order valence-corrected chi connectivity index (χ3v) is 3.09. The van der Waals surface area contributed by atoms with Crippen LogP contribution in [0.3, 0.4) is 0 Å². The molecule has 0 unspecified atom stereocenters. The van der Waals surface area contributed by atoms with Crippen LogP contribution in [-0.2, 0) is 13.5 Å². The van der Waals surface area contributed by atoms with Crippen molar-refractivity contribution in [3.8, 4) is 0 Å². The smallest absolute Gasteiger partial charge is 0.148 e. The van der Waals surface area contributed by atoms with E-state index in [0.717, 1.165) is 30.2 Å².